The Balaban J connectivity index is 1.61. The van der Waals surface area contributed by atoms with Gasteiger partial charge >= 0.3 is 0 Å². The second-order valence-corrected chi connectivity index (χ2v) is 5.03. The molecule has 0 aromatic heterocycles. The molecule has 1 N–H and O–H groups in total. The van der Waals surface area contributed by atoms with Gasteiger partial charge in [0.1, 0.15) is 6.61 Å². The van der Waals surface area contributed by atoms with Gasteiger partial charge in [-0.2, -0.15) is 0 Å². The van der Waals surface area contributed by atoms with Crippen LogP contribution in [0.25, 0.3) is 0 Å². The molecule has 106 valence electrons. The topological polar surface area (TPSA) is 33.7 Å². The first kappa shape index (κ1) is 14.2. The van der Waals surface area contributed by atoms with Gasteiger partial charge in [0.15, 0.2) is 11.5 Å². The summed E-state index contributed by atoms with van der Waals surface area (Å²) in [6.45, 7) is 3.73. The van der Waals surface area contributed by atoms with Crippen molar-refractivity contribution in [3.8, 4) is 11.5 Å². The molecule has 0 radical (unpaired) electrons. The summed E-state index contributed by atoms with van der Waals surface area (Å²) in [5, 5.41) is 3.51. The molecule has 0 saturated heterocycles. The van der Waals surface area contributed by atoms with E-state index in [1.54, 1.807) is 7.11 Å². The van der Waals surface area contributed by atoms with Crippen LogP contribution in [0.4, 0.5) is 0 Å². The Labute approximate surface area is 115 Å². The van der Waals surface area contributed by atoms with Crippen molar-refractivity contribution in [1.82, 2.24) is 10.2 Å². The molecule has 1 fully saturated rings. The molecular formula is C15H24N2O2. The predicted octanol–water partition coefficient (Wildman–Crippen LogP) is 1.76. The lowest BCUT2D eigenvalue weighted by Crippen LogP contribution is -2.32. The van der Waals surface area contributed by atoms with Gasteiger partial charge in [0.25, 0.3) is 0 Å². The number of benzene rings is 1. The zero-order valence-corrected chi connectivity index (χ0v) is 11.9. The average molecular weight is 264 g/mol. The number of methoxy groups -OCH3 is 1. The second-order valence-electron chi connectivity index (χ2n) is 5.03. The molecule has 0 bridgehead atoms. The summed E-state index contributed by atoms with van der Waals surface area (Å²) < 4.78 is 11.0. The summed E-state index contributed by atoms with van der Waals surface area (Å²) in [7, 11) is 3.79. The average Bonchev–Trinajstić information content (AvgIpc) is 3.23. The first-order valence-corrected chi connectivity index (χ1v) is 6.97. The Morgan fingerprint density at radius 3 is 2.63 bits per heavy atom. The lowest BCUT2D eigenvalue weighted by Gasteiger charge is -2.17. The lowest BCUT2D eigenvalue weighted by atomic mass is 10.3. The monoisotopic (exact) mass is 264 g/mol. The van der Waals surface area contributed by atoms with E-state index in [2.05, 4.69) is 17.3 Å². The minimum absolute atomic E-state index is 0.681. The zero-order valence-electron chi connectivity index (χ0n) is 11.9. The summed E-state index contributed by atoms with van der Waals surface area (Å²) in [4.78, 5) is 2.28. The molecule has 0 spiro atoms. The van der Waals surface area contributed by atoms with Crippen LogP contribution in [0.15, 0.2) is 24.3 Å². The summed E-state index contributed by atoms with van der Waals surface area (Å²) in [6.07, 6.45) is 2.70. The Morgan fingerprint density at radius 2 is 1.95 bits per heavy atom. The number of para-hydroxylation sites is 2. The second kappa shape index (κ2) is 7.36. The fraction of sp³-hybridized carbons (Fsp3) is 0.600. The molecule has 4 nitrogen and oxygen atoms in total. The van der Waals surface area contributed by atoms with Crippen LogP contribution in [0, 0.1) is 0 Å². The number of hydrogen-bond acceptors (Lipinski definition) is 4. The fourth-order valence-corrected chi connectivity index (χ4v) is 1.91. The maximum Gasteiger partial charge on any atom is 0.161 e. The van der Waals surface area contributed by atoms with E-state index in [0.29, 0.717) is 6.61 Å². The molecule has 1 saturated carbocycles. The van der Waals surface area contributed by atoms with E-state index in [-0.39, 0.29) is 0 Å². The SMILES string of the molecule is COc1ccccc1OCCN(C)CCNC1CC1. The summed E-state index contributed by atoms with van der Waals surface area (Å²) in [6, 6.07) is 8.55. The van der Waals surface area contributed by atoms with Crippen LogP contribution in [0.3, 0.4) is 0 Å². The fourth-order valence-electron chi connectivity index (χ4n) is 1.91. The summed E-state index contributed by atoms with van der Waals surface area (Å²) >= 11 is 0. The predicted molar refractivity (Wildman–Crippen MR) is 77.0 cm³/mol. The van der Waals surface area contributed by atoms with Crippen molar-refractivity contribution in [1.29, 1.82) is 0 Å². The first-order valence-electron chi connectivity index (χ1n) is 6.97. The molecule has 1 aliphatic carbocycles. The van der Waals surface area contributed by atoms with Gasteiger partial charge in [-0.1, -0.05) is 12.1 Å². The molecule has 1 aromatic rings. The third kappa shape index (κ3) is 5.09. The molecular weight excluding hydrogens is 240 g/mol. The Hall–Kier alpha value is -1.26. The molecule has 2 rings (SSSR count). The smallest absolute Gasteiger partial charge is 0.161 e. The van der Waals surface area contributed by atoms with Crippen LogP contribution in [0.5, 0.6) is 11.5 Å². The Morgan fingerprint density at radius 1 is 1.21 bits per heavy atom. The molecule has 1 aliphatic rings. The van der Waals surface area contributed by atoms with Crippen molar-refractivity contribution in [3.05, 3.63) is 24.3 Å². The number of likely N-dealkylation sites (N-methyl/N-ethyl adjacent to an activating group) is 1. The number of rotatable bonds is 9. The number of hydrogen-bond donors (Lipinski definition) is 1. The third-order valence-electron chi connectivity index (χ3n) is 3.30. The maximum absolute atomic E-state index is 5.75. The lowest BCUT2D eigenvalue weighted by molar-refractivity contribution is 0.230. The highest BCUT2D eigenvalue weighted by molar-refractivity contribution is 5.39. The minimum atomic E-state index is 0.681. The van der Waals surface area contributed by atoms with Crippen molar-refractivity contribution >= 4 is 0 Å². The Bertz CT molecular complexity index is 380. The van der Waals surface area contributed by atoms with Crippen LogP contribution in [0.2, 0.25) is 0 Å². The maximum atomic E-state index is 5.75. The van der Waals surface area contributed by atoms with Gasteiger partial charge < -0.3 is 19.7 Å². The molecule has 1 aromatic carbocycles. The van der Waals surface area contributed by atoms with E-state index in [1.807, 2.05) is 24.3 Å². The van der Waals surface area contributed by atoms with Gasteiger partial charge in [0, 0.05) is 25.7 Å². The van der Waals surface area contributed by atoms with E-state index in [9.17, 15) is 0 Å². The zero-order chi connectivity index (χ0) is 13.5. The van der Waals surface area contributed by atoms with Crippen LogP contribution in [-0.2, 0) is 0 Å². The molecule has 19 heavy (non-hydrogen) atoms. The molecule has 4 heteroatoms. The van der Waals surface area contributed by atoms with Crippen molar-refractivity contribution in [2.45, 2.75) is 18.9 Å². The van der Waals surface area contributed by atoms with Crippen molar-refractivity contribution in [3.63, 3.8) is 0 Å². The van der Waals surface area contributed by atoms with Gasteiger partial charge in [0.05, 0.1) is 7.11 Å². The first-order chi connectivity index (χ1) is 9.29. The number of ether oxygens (including phenoxy) is 2. The molecule has 0 unspecified atom stereocenters. The van der Waals surface area contributed by atoms with Crippen LogP contribution in [0.1, 0.15) is 12.8 Å². The van der Waals surface area contributed by atoms with Gasteiger partial charge in [-0.05, 0) is 32.0 Å². The molecule has 0 atom stereocenters. The van der Waals surface area contributed by atoms with E-state index >= 15 is 0 Å². The van der Waals surface area contributed by atoms with Crippen LogP contribution >= 0.6 is 0 Å². The molecule has 0 heterocycles. The standard InChI is InChI=1S/C15H24N2O2/c1-17(10-9-16-13-7-8-13)11-12-19-15-6-4-3-5-14(15)18-2/h3-6,13,16H,7-12H2,1-2H3. The number of nitrogens with zero attached hydrogens (tertiary/aromatic N) is 1. The molecule has 0 amide bonds. The number of nitrogens with one attached hydrogen (secondary N) is 1. The minimum Gasteiger partial charge on any atom is -0.493 e. The normalized spacial score (nSPS) is 14.7. The summed E-state index contributed by atoms with van der Waals surface area (Å²) in [5.74, 6) is 1.61. The third-order valence-corrected chi connectivity index (χ3v) is 3.30. The van der Waals surface area contributed by atoms with Crippen LogP contribution < -0.4 is 14.8 Å². The van der Waals surface area contributed by atoms with E-state index in [1.165, 1.54) is 12.8 Å². The van der Waals surface area contributed by atoms with Crippen molar-refractivity contribution in [2.24, 2.45) is 0 Å². The van der Waals surface area contributed by atoms with Crippen LogP contribution in [-0.4, -0.2) is 51.3 Å². The van der Waals surface area contributed by atoms with Gasteiger partial charge in [-0.3, -0.25) is 0 Å². The van der Waals surface area contributed by atoms with E-state index in [4.69, 9.17) is 9.47 Å². The highest BCUT2D eigenvalue weighted by Crippen LogP contribution is 2.25. The van der Waals surface area contributed by atoms with Gasteiger partial charge in [0.2, 0.25) is 0 Å². The Kier molecular flexibility index (Phi) is 5.48. The summed E-state index contributed by atoms with van der Waals surface area (Å²) in [5.41, 5.74) is 0. The van der Waals surface area contributed by atoms with Gasteiger partial charge in [-0.15, -0.1) is 0 Å². The van der Waals surface area contributed by atoms with E-state index < -0.39 is 0 Å². The highest BCUT2D eigenvalue weighted by Gasteiger charge is 2.19. The largest absolute Gasteiger partial charge is 0.493 e. The highest BCUT2D eigenvalue weighted by atomic mass is 16.5. The van der Waals surface area contributed by atoms with Crippen molar-refractivity contribution < 1.29 is 9.47 Å². The molecule has 0 aliphatic heterocycles. The quantitative estimate of drug-likeness (QED) is 0.737. The van der Waals surface area contributed by atoms with Gasteiger partial charge in [-0.25, -0.2) is 0 Å². The van der Waals surface area contributed by atoms with Crippen molar-refractivity contribution in [2.75, 3.05) is 40.4 Å². The van der Waals surface area contributed by atoms with E-state index in [0.717, 1.165) is 37.2 Å².